The van der Waals surface area contributed by atoms with Crippen LogP contribution in [0.2, 0.25) is 0 Å². The van der Waals surface area contributed by atoms with Crippen molar-refractivity contribution in [3.05, 3.63) is 66.5 Å². The molecule has 2 heterocycles. The van der Waals surface area contributed by atoms with Gasteiger partial charge >= 0.3 is 6.09 Å². The number of ether oxygens (including phenoxy) is 1. The number of rotatable bonds is 2. The van der Waals surface area contributed by atoms with Crippen LogP contribution in [0, 0.1) is 28.6 Å². The molecule has 6 atom stereocenters. The number of hydrogen-bond donors (Lipinski definition) is 0. The molecule has 6 rings (SSSR count). The zero-order chi connectivity index (χ0) is 22.6. The lowest BCUT2D eigenvalue weighted by Crippen LogP contribution is -2.50. The van der Waals surface area contributed by atoms with Gasteiger partial charge in [0.25, 0.3) is 0 Å². The summed E-state index contributed by atoms with van der Waals surface area (Å²) in [7, 11) is 0. The molecule has 2 aromatic heterocycles. The van der Waals surface area contributed by atoms with Gasteiger partial charge in [0.2, 0.25) is 0 Å². The first kappa shape index (κ1) is 20.9. The lowest BCUT2D eigenvalue weighted by atomic mass is 9.47. The first-order valence-electron chi connectivity index (χ1n) is 12.5. The van der Waals surface area contributed by atoms with Crippen molar-refractivity contribution in [3.63, 3.8) is 0 Å². The summed E-state index contributed by atoms with van der Waals surface area (Å²) >= 11 is 0. The first-order chi connectivity index (χ1) is 16.0. The van der Waals surface area contributed by atoms with Crippen LogP contribution in [0.3, 0.4) is 0 Å². The maximum atomic E-state index is 12.4. The fourth-order valence-corrected chi connectivity index (χ4v) is 7.84. The molecule has 0 N–H and O–H groups in total. The molecule has 0 saturated heterocycles. The molecule has 0 aromatic carbocycles. The van der Waals surface area contributed by atoms with Crippen molar-refractivity contribution in [2.24, 2.45) is 28.6 Å². The zero-order valence-corrected chi connectivity index (χ0v) is 19.6. The second-order valence-corrected chi connectivity index (χ2v) is 11.0. The molecule has 0 unspecified atom stereocenters. The predicted octanol–water partition coefficient (Wildman–Crippen LogP) is 6.29. The Kier molecular flexibility index (Phi) is 4.86. The molecule has 0 bridgehead atoms. The Morgan fingerprint density at radius 1 is 1.06 bits per heavy atom. The van der Waals surface area contributed by atoms with Crippen LogP contribution in [0.5, 0.6) is 0 Å². The third-order valence-electron chi connectivity index (χ3n) is 9.59. The Balaban J connectivity index is 1.21. The molecule has 0 aliphatic heterocycles. The first-order valence-corrected chi connectivity index (χ1v) is 12.5. The van der Waals surface area contributed by atoms with Gasteiger partial charge in [-0.25, -0.2) is 14.3 Å². The summed E-state index contributed by atoms with van der Waals surface area (Å²) in [6.45, 7) is 5.00. The number of imidazole rings is 1. The van der Waals surface area contributed by atoms with E-state index in [1.807, 2.05) is 12.4 Å². The molecule has 5 nitrogen and oxygen atoms in total. The third kappa shape index (κ3) is 3.23. The molecular weight excluding hydrogens is 410 g/mol. The smallest absolute Gasteiger partial charge is 0.419 e. The van der Waals surface area contributed by atoms with Crippen LogP contribution >= 0.6 is 0 Å². The van der Waals surface area contributed by atoms with E-state index in [1.54, 1.807) is 12.4 Å². The van der Waals surface area contributed by atoms with E-state index in [2.05, 4.69) is 48.1 Å². The van der Waals surface area contributed by atoms with E-state index in [0.717, 1.165) is 37.5 Å². The third-order valence-corrected chi connectivity index (χ3v) is 9.59. The molecule has 2 fully saturated rings. The summed E-state index contributed by atoms with van der Waals surface area (Å²) in [5.41, 5.74) is 4.84. The van der Waals surface area contributed by atoms with E-state index in [9.17, 15) is 4.79 Å². The summed E-state index contributed by atoms with van der Waals surface area (Å²) in [6.07, 6.45) is 21.2. The number of carbonyl (C=O) groups is 1. The van der Waals surface area contributed by atoms with Crippen LogP contribution in [0.1, 0.15) is 64.4 Å². The summed E-state index contributed by atoms with van der Waals surface area (Å²) in [5.74, 6) is 2.16. The Hall–Kier alpha value is -2.69. The minimum atomic E-state index is -0.316. The number of allylic oxidation sites excluding steroid dienone is 3. The molecule has 0 amide bonds. The largest absolute Gasteiger partial charge is 0.445 e. The van der Waals surface area contributed by atoms with Gasteiger partial charge in [0.1, 0.15) is 12.4 Å². The molecule has 5 heteroatoms. The molecule has 0 spiro atoms. The van der Waals surface area contributed by atoms with Gasteiger partial charge in [-0.1, -0.05) is 37.6 Å². The molecule has 4 aliphatic rings. The lowest BCUT2D eigenvalue weighted by molar-refractivity contribution is -0.0261. The minimum Gasteiger partial charge on any atom is -0.445 e. The fraction of sp³-hybridized carbons (Fsp3) is 0.536. The van der Waals surface area contributed by atoms with Crippen LogP contribution in [0.25, 0.3) is 5.57 Å². The molecule has 4 aliphatic carbocycles. The van der Waals surface area contributed by atoms with Crippen molar-refractivity contribution in [1.29, 1.82) is 0 Å². The number of carbonyl (C=O) groups excluding carboxylic acids is 1. The normalized spacial score (nSPS) is 37.3. The van der Waals surface area contributed by atoms with Crippen molar-refractivity contribution in [2.75, 3.05) is 0 Å². The second kappa shape index (κ2) is 7.68. The Labute approximate surface area is 196 Å². The molecule has 172 valence electrons. The Morgan fingerprint density at radius 2 is 1.94 bits per heavy atom. The highest BCUT2D eigenvalue weighted by Crippen LogP contribution is 2.66. The van der Waals surface area contributed by atoms with Crippen molar-refractivity contribution >= 4 is 11.7 Å². The van der Waals surface area contributed by atoms with Gasteiger partial charge in [0, 0.05) is 31.2 Å². The average molecular weight is 444 g/mol. The van der Waals surface area contributed by atoms with Crippen LogP contribution < -0.4 is 0 Å². The summed E-state index contributed by atoms with van der Waals surface area (Å²) in [4.78, 5) is 20.8. The summed E-state index contributed by atoms with van der Waals surface area (Å²) in [5, 5.41) is 0. The lowest BCUT2D eigenvalue weighted by Gasteiger charge is -2.57. The monoisotopic (exact) mass is 443 g/mol. The van der Waals surface area contributed by atoms with E-state index in [0.29, 0.717) is 5.92 Å². The fourth-order valence-electron chi connectivity index (χ4n) is 7.84. The molecular formula is C28H33N3O2. The second-order valence-electron chi connectivity index (χ2n) is 11.0. The van der Waals surface area contributed by atoms with Gasteiger partial charge < -0.3 is 4.74 Å². The average Bonchev–Trinajstić information content (AvgIpc) is 3.48. The van der Waals surface area contributed by atoms with Crippen LogP contribution in [0.15, 0.2) is 61.0 Å². The predicted molar refractivity (Wildman–Crippen MR) is 127 cm³/mol. The van der Waals surface area contributed by atoms with E-state index < -0.39 is 0 Å². The topological polar surface area (TPSA) is 57.0 Å². The van der Waals surface area contributed by atoms with Gasteiger partial charge in [0.05, 0.1) is 0 Å². The van der Waals surface area contributed by atoms with Gasteiger partial charge in [-0.2, -0.15) is 0 Å². The number of fused-ring (bicyclic) bond motifs is 5. The van der Waals surface area contributed by atoms with Crippen molar-refractivity contribution < 1.29 is 9.53 Å². The highest BCUT2D eigenvalue weighted by Gasteiger charge is 2.57. The zero-order valence-electron chi connectivity index (χ0n) is 19.6. The number of aromatic nitrogens is 3. The molecule has 2 aromatic rings. The van der Waals surface area contributed by atoms with Crippen LogP contribution in [-0.4, -0.2) is 26.7 Å². The summed E-state index contributed by atoms with van der Waals surface area (Å²) < 4.78 is 7.27. The quantitative estimate of drug-likeness (QED) is 0.512. The van der Waals surface area contributed by atoms with Gasteiger partial charge in [-0.3, -0.25) is 4.98 Å². The highest BCUT2D eigenvalue weighted by molar-refractivity contribution is 5.72. The van der Waals surface area contributed by atoms with Crippen molar-refractivity contribution in [3.8, 4) is 0 Å². The van der Waals surface area contributed by atoms with Crippen LogP contribution in [0.4, 0.5) is 4.79 Å². The number of nitrogens with zero attached hydrogens (tertiary/aromatic N) is 3. The maximum Gasteiger partial charge on any atom is 0.419 e. The molecule has 0 radical (unpaired) electrons. The maximum absolute atomic E-state index is 12.4. The van der Waals surface area contributed by atoms with E-state index >= 15 is 0 Å². The molecule has 2 saturated carbocycles. The highest BCUT2D eigenvalue weighted by atomic mass is 16.6. The Morgan fingerprint density at radius 3 is 2.73 bits per heavy atom. The van der Waals surface area contributed by atoms with E-state index in [4.69, 9.17) is 4.74 Å². The standard InChI is InChI=1S/C28H33N3O2/c1-27-11-9-21(33-26(32)31-15-14-30-18-31)16-20(27)5-6-22-24-8-7-23(19-4-3-13-29-17-19)28(24,2)12-10-25(22)27/h3-5,7,13-15,17-18,21-22,24-25H,6,8-12,16H2,1-2H3/t21-,22-,24-,25-,27-,28+/m0/s1. The number of hydrogen-bond acceptors (Lipinski definition) is 4. The SMILES string of the molecule is C[C@]12CC[C@H](OC(=O)n3ccnc3)CC1=CC[C@@H]1[C@@H]2CC[C@]2(C)C(c3cccnc3)=CC[C@@H]12. The summed E-state index contributed by atoms with van der Waals surface area (Å²) in [6, 6.07) is 4.29. The van der Waals surface area contributed by atoms with Crippen LogP contribution in [-0.2, 0) is 4.74 Å². The van der Waals surface area contributed by atoms with Gasteiger partial charge in [-0.15, -0.1) is 0 Å². The van der Waals surface area contributed by atoms with Crippen molar-refractivity contribution in [2.45, 2.75) is 64.9 Å². The van der Waals surface area contributed by atoms with Gasteiger partial charge in [0.15, 0.2) is 0 Å². The van der Waals surface area contributed by atoms with E-state index in [-0.39, 0.29) is 23.0 Å². The van der Waals surface area contributed by atoms with E-state index in [1.165, 1.54) is 46.9 Å². The van der Waals surface area contributed by atoms with Gasteiger partial charge in [-0.05, 0) is 84.3 Å². The Bertz CT molecular complexity index is 1110. The number of pyridine rings is 1. The van der Waals surface area contributed by atoms with Crippen molar-refractivity contribution in [1.82, 2.24) is 14.5 Å². The minimum absolute atomic E-state index is 0.0324. The molecule has 33 heavy (non-hydrogen) atoms.